The van der Waals surface area contributed by atoms with Crippen molar-refractivity contribution >= 4 is 12.2 Å². The lowest BCUT2D eigenvalue weighted by Gasteiger charge is -2.10. The van der Waals surface area contributed by atoms with E-state index in [2.05, 4.69) is 4.99 Å². The molecule has 0 radical (unpaired) electrons. The molecule has 0 spiro atoms. The molecule has 1 atom stereocenters. The van der Waals surface area contributed by atoms with Crippen molar-refractivity contribution in [3.05, 3.63) is 24.3 Å². The average Bonchev–Trinajstić information content (AvgIpc) is 2.25. The smallest absolute Gasteiger partial charge is 0.234 e. The van der Waals surface area contributed by atoms with Crippen molar-refractivity contribution in [2.45, 2.75) is 19.4 Å². The molecule has 0 aliphatic carbocycles. The summed E-state index contributed by atoms with van der Waals surface area (Å²) in [6.45, 7) is 1.67. The first-order valence-corrected chi connectivity index (χ1v) is 4.73. The van der Waals surface area contributed by atoms with Crippen LogP contribution in [0.5, 0.6) is 0 Å². The molecule has 0 rings (SSSR count). The molecule has 0 aromatic heterocycles. The second-order valence-electron chi connectivity index (χ2n) is 3.08. The summed E-state index contributed by atoms with van der Waals surface area (Å²) in [6, 6.07) is 0. The van der Waals surface area contributed by atoms with Gasteiger partial charge in [0, 0.05) is 19.4 Å². The minimum absolute atomic E-state index is 0.0201. The highest BCUT2D eigenvalue weighted by atomic mass is 19.1. The monoisotopic (exact) mass is 229 g/mol. The van der Waals surface area contributed by atoms with Crippen molar-refractivity contribution in [3.63, 3.8) is 0 Å². The van der Waals surface area contributed by atoms with Gasteiger partial charge in [0.1, 0.15) is 17.8 Å². The Morgan fingerprint density at radius 2 is 2.31 bits per heavy atom. The fourth-order valence-electron chi connectivity index (χ4n) is 0.816. The van der Waals surface area contributed by atoms with E-state index in [0.29, 0.717) is 12.8 Å². The van der Waals surface area contributed by atoms with Crippen LogP contribution in [0, 0.1) is 0 Å². The summed E-state index contributed by atoms with van der Waals surface area (Å²) in [5.41, 5.74) is 5.29. The van der Waals surface area contributed by atoms with Crippen molar-refractivity contribution in [1.29, 1.82) is 0 Å². The van der Waals surface area contributed by atoms with E-state index in [-0.39, 0.29) is 5.84 Å². The van der Waals surface area contributed by atoms with Gasteiger partial charge >= 0.3 is 0 Å². The maximum atomic E-state index is 13.1. The number of amides is 1. The van der Waals surface area contributed by atoms with Crippen LogP contribution in [0.15, 0.2) is 29.3 Å². The zero-order chi connectivity index (χ0) is 12.6. The highest BCUT2D eigenvalue weighted by molar-refractivity contribution is 5.95. The van der Waals surface area contributed by atoms with E-state index in [4.69, 9.17) is 10.8 Å². The molecular formula is C10H16FN3O2. The Labute approximate surface area is 93.8 Å². The number of aliphatic hydroxyl groups excluding tert-OH is 1. The van der Waals surface area contributed by atoms with Crippen LogP contribution in [-0.2, 0) is 4.79 Å². The summed E-state index contributed by atoms with van der Waals surface area (Å²) in [7, 11) is 1.56. The van der Waals surface area contributed by atoms with E-state index in [1.54, 1.807) is 14.0 Å². The van der Waals surface area contributed by atoms with Gasteiger partial charge in [-0.15, -0.1) is 0 Å². The van der Waals surface area contributed by atoms with Crippen molar-refractivity contribution < 1.29 is 14.3 Å². The van der Waals surface area contributed by atoms with Crippen molar-refractivity contribution in [1.82, 2.24) is 4.90 Å². The molecule has 0 aliphatic rings. The number of carbonyl (C=O) groups is 1. The van der Waals surface area contributed by atoms with Crippen LogP contribution < -0.4 is 5.73 Å². The first kappa shape index (κ1) is 14.3. The molecule has 0 aliphatic heterocycles. The molecular weight excluding hydrogens is 213 g/mol. The summed E-state index contributed by atoms with van der Waals surface area (Å²) in [6.07, 6.45) is 3.41. The Kier molecular flexibility index (Phi) is 6.78. The Morgan fingerprint density at radius 1 is 1.69 bits per heavy atom. The van der Waals surface area contributed by atoms with Gasteiger partial charge in [0.2, 0.25) is 6.41 Å². The van der Waals surface area contributed by atoms with Crippen LogP contribution in [0.25, 0.3) is 0 Å². The molecule has 0 fully saturated rings. The van der Waals surface area contributed by atoms with Gasteiger partial charge < -0.3 is 15.7 Å². The minimum Gasteiger partial charge on any atom is -0.386 e. The van der Waals surface area contributed by atoms with E-state index in [1.165, 1.54) is 17.2 Å². The number of carbonyl (C=O) groups excluding carboxylic acids is 1. The van der Waals surface area contributed by atoms with Crippen molar-refractivity contribution in [2.75, 3.05) is 7.05 Å². The van der Waals surface area contributed by atoms with Crippen molar-refractivity contribution in [2.24, 2.45) is 10.7 Å². The third-order valence-electron chi connectivity index (χ3n) is 1.71. The van der Waals surface area contributed by atoms with E-state index >= 15 is 0 Å². The van der Waals surface area contributed by atoms with Crippen LogP contribution in [0.4, 0.5) is 4.39 Å². The summed E-state index contributed by atoms with van der Waals surface area (Å²) in [4.78, 5) is 14.6. The van der Waals surface area contributed by atoms with Crippen LogP contribution in [0.1, 0.15) is 13.3 Å². The van der Waals surface area contributed by atoms with E-state index in [1.807, 2.05) is 0 Å². The number of hydrogen-bond donors (Lipinski definition) is 2. The van der Waals surface area contributed by atoms with Gasteiger partial charge in [-0.1, -0.05) is 6.92 Å². The predicted octanol–water partition coefficient (Wildman–Crippen LogP) is 0.527. The molecule has 0 bridgehead atoms. The SMILES string of the molecule is CCC(O)/C(F)=C\N(C)/C=C\C(N)=NC=O. The number of nitrogens with zero attached hydrogens (tertiary/aromatic N) is 2. The fraction of sp³-hybridized carbons (Fsp3) is 0.400. The van der Waals surface area contributed by atoms with Gasteiger partial charge in [-0.2, -0.15) is 4.99 Å². The number of nitrogens with two attached hydrogens (primary N) is 1. The number of rotatable bonds is 6. The van der Waals surface area contributed by atoms with E-state index in [0.717, 1.165) is 6.20 Å². The summed E-state index contributed by atoms with van der Waals surface area (Å²) < 4.78 is 13.1. The zero-order valence-electron chi connectivity index (χ0n) is 9.30. The molecule has 0 aromatic rings. The molecule has 0 aromatic carbocycles. The molecule has 1 unspecified atom stereocenters. The number of amidine groups is 1. The molecule has 0 saturated carbocycles. The van der Waals surface area contributed by atoms with Crippen molar-refractivity contribution in [3.8, 4) is 0 Å². The number of aliphatic imine (C=N–C) groups is 1. The summed E-state index contributed by atoms with van der Waals surface area (Å²) in [5.74, 6) is -0.618. The highest BCUT2D eigenvalue weighted by Gasteiger charge is 2.07. The van der Waals surface area contributed by atoms with Crippen LogP contribution in [0.3, 0.4) is 0 Å². The zero-order valence-corrected chi connectivity index (χ0v) is 9.30. The second kappa shape index (κ2) is 7.58. The van der Waals surface area contributed by atoms with E-state index in [9.17, 15) is 9.18 Å². The number of halogens is 1. The maximum Gasteiger partial charge on any atom is 0.234 e. The van der Waals surface area contributed by atoms with Gasteiger partial charge in [0.25, 0.3) is 0 Å². The Balaban J connectivity index is 4.42. The molecule has 6 heteroatoms. The first-order valence-electron chi connectivity index (χ1n) is 4.73. The molecule has 3 N–H and O–H groups in total. The van der Waals surface area contributed by atoms with Crippen LogP contribution in [0.2, 0.25) is 0 Å². The molecule has 90 valence electrons. The Morgan fingerprint density at radius 3 is 2.81 bits per heavy atom. The minimum atomic E-state index is -1.10. The lowest BCUT2D eigenvalue weighted by atomic mass is 10.2. The Hall–Kier alpha value is -1.69. The lowest BCUT2D eigenvalue weighted by Crippen LogP contribution is -2.12. The predicted molar refractivity (Wildman–Crippen MR) is 60.1 cm³/mol. The largest absolute Gasteiger partial charge is 0.386 e. The molecule has 5 nitrogen and oxygen atoms in total. The fourth-order valence-corrected chi connectivity index (χ4v) is 0.816. The molecule has 16 heavy (non-hydrogen) atoms. The van der Waals surface area contributed by atoms with Crippen LogP contribution >= 0.6 is 0 Å². The maximum absolute atomic E-state index is 13.1. The molecule has 0 saturated heterocycles. The standard InChI is InChI=1S/C10H16FN3O2/c1-3-9(16)8(11)6-14(2)5-4-10(12)13-7-15/h4-7,9,16H,3H2,1-2H3,(H2,12,13,15)/b5-4-,8-6+. The van der Waals surface area contributed by atoms with Gasteiger partial charge in [-0.25, -0.2) is 4.39 Å². The van der Waals surface area contributed by atoms with Gasteiger partial charge in [0.05, 0.1) is 0 Å². The van der Waals surface area contributed by atoms with E-state index < -0.39 is 11.9 Å². The second-order valence-corrected chi connectivity index (χ2v) is 3.08. The summed E-state index contributed by atoms with van der Waals surface area (Å²) >= 11 is 0. The lowest BCUT2D eigenvalue weighted by molar-refractivity contribution is -0.106. The summed E-state index contributed by atoms with van der Waals surface area (Å²) in [5, 5.41) is 9.15. The van der Waals surface area contributed by atoms with Gasteiger partial charge in [-0.05, 0) is 12.5 Å². The van der Waals surface area contributed by atoms with Crippen LogP contribution in [-0.4, -0.2) is 35.4 Å². The number of aliphatic hydroxyl groups is 1. The first-order chi connectivity index (χ1) is 7.51. The Bertz CT molecular complexity index is 313. The highest BCUT2D eigenvalue weighted by Crippen LogP contribution is 2.08. The quantitative estimate of drug-likeness (QED) is 0.395. The third kappa shape index (κ3) is 5.92. The third-order valence-corrected chi connectivity index (χ3v) is 1.71. The number of hydrogen-bond acceptors (Lipinski definition) is 3. The topological polar surface area (TPSA) is 78.9 Å². The average molecular weight is 229 g/mol. The molecule has 1 amide bonds. The van der Waals surface area contributed by atoms with Gasteiger partial charge in [0.15, 0.2) is 0 Å². The normalized spacial score (nSPS) is 15.2. The van der Waals surface area contributed by atoms with Gasteiger partial charge in [-0.3, -0.25) is 4.79 Å². The molecule has 0 heterocycles.